The highest BCUT2D eigenvalue weighted by atomic mass is 79.9. The molecule has 0 aliphatic heterocycles. The van der Waals surface area contributed by atoms with E-state index in [1.165, 1.54) is 13.0 Å². The zero-order valence-electron chi connectivity index (χ0n) is 9.82. The highest BCUT2D eigenvalue weighted by Crippen LogP contribution is 2.36. The van der Waals surface area contributed by atoms with E-state index >= 15 is 0 Å². The van der Waals surface area contributed by atoms with Crippen LogP contribution in [0.2, 0.25) is 0 Å². The van der Waals surface area contributed by atoms with Crippen LogP contribution in [0.5, 0.6) is 0 Å². The van der Waals surface area contributed by atoms with Gasteiger partial charge in [-0.3, -0.25) is 14.4 Å². The van der Waals surface area contributed by atoms with E-state index in [4.69, 9.17) is 0 Å². The first-order valence-corrected chi connectivity index (χ1v) is 7.14. The minimum atomic E-state index is -0.199. The molecular weight excluding hydrogens is 328 g/mol. The van der Waals surface area contributed by atoms with Crippen molar-refractivity contribution in [2.24, 2.45) is 0 Å². The largest absolute Gasteiger partial charge is 0.294 e. The van der Waals surface area contributed by atoms with Gasteiger partial charge in [-0.05, 0) is 19.1 Å². The number of Topliss-reactive ketones (excluding diaryl/α,β-unsaturated/α-hetero) is 1. The minimum Gasteiger partial charge on any atom is -0.294 e. The van der Waals surface area contributed by atoms with E-state index in [-0.39, 0.29) is 17.3 Å². The average molecular weight is 335 g/mol. The summed E-state index contributed by atoms with van der Waals surface area (Å²) in [4.78, 5) is 37.0. The summed E-state index contributed by atoms with van der Waals surface area (Å²) in [5, 5.41) is 0. The maximum atomic E-state index is 12.4. The Morgan fingerprint density at radius 2 is 1.89 bits per heavy atom. The van der Waals surface area contributed by atoms with Gasteiger partial charge in [-0.1, -0.05) is 28.1 Å². The van der Waals surface area contributed by atoms with E-state index in [2.05, 4.69) is 15.9 Å². The molecule has 0 amide bonds. The second kappa shape index (κ2) is 4.21. The fourth-order valence-electron chi connectivity index (χ4n) is 2.10. The SMILES string of the molecule is CC(=O)c1cc2c(s1)C(=O)c1c(Br)cccc1C2=O. The van der Waals surface area contributed by atoms with E-state index in [0.29, 0.717) is 30.9 Å². The second-order valence-corrected chi connectivity index (χ2v) is 6.14. The van der Waals surface area contributed by atoms with Crippen LogP contribution in [0.4, 0.5) is 0 Å². The quantitative estimate of drug-likeness (QED) is 0.640. The zero-order valence-corrected chi connectivity index (χ0v) is 12.2. The van der Waals surface area contributed by atoms with Crippen LogP contribution in [0.3, 0.4) is 0 Å². The monoisotopic (exact) mass is 334 g/mol. The number of fused-ring (bicyclic) bond motifs is 2. The van der Waals surface area contributed by atoms with Crippen molar-refractivity contribution in [2.45, 2.75) is 6.92 Å². The van der Waals surface area contributed by atoms with E-state index in [1.54, 1.807) is 18.2 Å². The van der Waals surface area contributed by atoms with Crippen LogP contribution in [0.15, 0.2) is 28.7 Å². The summed E-state index contributed by atoms with van der Waals surface area (Å²) in [6, 6.07) is 6.60. The standard InChI is InChI=1S/C14H7BrO3S/c1-6(16)10-5-8-12(17)7-3-2-4-9(15)11(7)13(18)14(8)19-10/h2-5H,1H3. The number of hydrogen-bond donors (Lipinski definition) is 0. The summed E-state index contributed by atoms with van der Waals surface area (Å²) in [5.74, 6) is -0.535. The molecule has 94 valence electrons. The lowest BCUT2D eigenvalue weighted by molar-refractivity contribution is 0.0981. The molecule has 1 aromatic heterocycles. The topological polar surface area (TPSA) is 51.2 Å². The number of ketones is 3. The van der Waals surface area contributed by atoms with Gasteiger partial charge in [0.25, 0.3) is 0 Å². The summed E-state index contributed by atoms with van der Waals surface area (Å²) in [6.45, 7) is 1.43. The van der Waals surface area contributed by atoms with Gasteiger partial charge in [0.1, 0.15) is 0 Å². The van der Waals surface area contributed by atoms with Gasteiger partial charge >= 0.3 is 0 Å². The number of carbonyl (C=O) groups is 3. The molecule has 3 nitrogen and oxygen atoms in total. The van der Waals surface area contributed by atoms with Gasteiger partial charge in [0, 0.05) is 21.2 Å². The summed E-state index contributed by atoms with van der Waals surface area (Å²) >= 11 is 4.39. The molecule has 0 fully saturated rings. The van der Waals surface area contributed by atoms with Crippen molar-refractivity contribution in [1.82, 2.24) is 0 Å². The summed E-state index contributed by atoms with van der Waals surface area (Å²) < 4.78 is 0.603. The molecule has 19 heavy (non-hydrogen) atoms. The maximum absolute atomic E-state index is 12.4. The number of carbonyl (C=O) groups excluding carboxylic acids is 3. The van der Waals surface area contributed by atoms with Crippen molar-refractivity contribution in [3.05, 3.63) is 55.2 Å². The van der Waals surface area contributed by atoms with E-state index < -0.39 is 0 Å². The lowest BCUT2D eigenvalue weighted by Gasteiger charge is -2.14. The Morgan fingerprint density at radius 1 is 1.16 bits per heavy atom. The van der Waals surface area contributed by atoms with Crippen LogP contribution < -0.4 is 0 Å². The molecule has 0 saturated heterocycles. The third-order valence-corrected chi connectivity index (χ3v) is 4.91. The Labute approximate surface area is 121 Å². The number of rotatable bonds is 1. The molecule has 2 aromatic rings. The number of thiophene rings is 1. The van der Waals surface area contributed by atoms with Gasteiger partial charge in [0.2, 0.25) is 5.78 Å². The van der Waals surface area contributed by atoms with Crippen molar-refractivity contribution in [2.75, 3.05) is 0 Å². The van der Waals surface area contributed by atoms with Crippen LogP contribution in [0, 0.1) is 0 Å². The first-order valence-electron chi connectivity index (χ1n) is 5.53. The molecule has 1 aromatic carbocycles. The molecule has 3 rings (SSSR count). The Bertz CT molecular complexity index is 758. The van der Waals surface area contributed by atoms with Crippen molar-refractivity contribution < 1.29 is 14.4 Å². The predicted octanol–water partition coefficient (Wildman–Crippen LogP) is 3.49. The van der Waals surface area contributed by atoms with Gasteiger partial charge < -0.3 is 0 Å². The van der Waals surface area contributed by atoms with E-state index in [1.807, 2.05) is 0 Å². The molecular formula is C14H7BrO3S. The molecule has 0 unspecified atom stereocenters. The van der Waals surface area contributed by atoms with Gasteiger partial charge in [-0.15, -0.1) is 11.3 Å². The van der Waals surface area contributed by atoms with Crippen LogP contribution in [-0.2, 0) is 0 Å². The van der Waals surface area contributed by atoms with E-state index in [0.717, 1.165) is 11.3 Å². The smallest absolute Gasteiger partial charge is 0.205 e. The maximum Gasteiger partial charge on any atom is 0.205 e. The Morgan fingerprint density at radius 3 is 2.58 bits per heavy atom. The summed E-state index contributed by atoms with van der Waals surface area (Å²) in [6.07, 6.45) is 0. The Hall–Kier alpha value is -1.59. The first-order chi connectivity index (χ1) is 9.00. The van der Waals surface area contributed by atoms with Crippen molar-refractivity contribution in [3.8, 4) is 0 Å². The van der Waals surface area contributed by atoms with Crippen molar-refractivity contribution in [3.63, 3.8) is 0 Å². The van der Waals surface area contributed by atoms with Crippen LogP contribution in [0.1, 0.15) is 47.8 Å². The van der Waals surface area contributed by atoms with Crippen molar-refractivity contribution >= 4 is 44.6 Å². The number of hydrogen-bond acceptors (Lipinski definition) is 4. The predicted molar refractivity (Wildman–Crippen MR) is 75.3 cm³/mol. The van der Waals surface area contributed by atoms with Crippen LogP contribution >= 0.6 is 27.3 Å². The molecule has 1 heterocycles. The lowest BCUT2D eigenvalue weighted by Crippen LogP contribution is -2.19. The molecule has 0 atom stereocenters. The molecule has 1 aliphatic rings. The fraction of sp³-hybridized carbons (Fsp3) is 0.0714. The normalized spacial score (nSPS) is 13.2. The summed E-state index contributed by atoms with van der Waals surface area (Å²) in [7, 11) is 0. The highest BCUT2D eigenvalue weighted by Gasteiger charge is 2.33. The molecule has 0 N–H and O–H groups in total. The van der Waals surface area contributed by atoms with E-state index in [9.17, 15) is 14.4 Å². The molecule has 0 spiro atoms. The van der Waals surface area contributed by atoms with Gasteiger partial charge in [0.15, 0.2) is 11.6 Å². The third kappa shape index (κ3) is 1.73. The molecule has 0 saturated carbocycles. The van der Waals surface area contributed by atoms with Gasteiger partial charge in [-0.25, -0.2) is 0 Å². The highest BCUT2D eigenvalue weighted by molar-refractivity contribution is 9.10. The fourth-order valence-corrected chi connectivity index (χ4v) is 3.65. The lowest BCUT2D eigenvalue weighted by atomic mass is 9.89. The Balaban J connectivity index is 2.30. The van der Waals surface area contributed by atoms with Crippen LogP contribution in [-0.4, -0.2) is 17.3 Å². The molecule has 0 bridgehead atoms. The summed E-state index contributed by atoms with van der Waals surface area (Å²) in [5.41, 5.74) is 1.11. The van der Waals surface area contributed by atoms with Crippen molar-refractivity contribution in [1.29, 1.82) is 0 Å². The third-order valence-electron chi connectivity index (χ3n) is 3.02. The van der Waals surface area contributed by atoms with Crippen LogP contribution in [0.25, 0.3) is 0 Å². The van der Waals surface area contributed by atoms with Gasteiger partial charge in [0.05, 0.1) is 9.75 Å². The second-order valence-electron chi connectivity index (χ2n) is 4.23. The minimum absolute atomic E-state index is 0.136. The molecule has 0 radical (unpaired) electrons. The van der Waals surface area contributed by atoms with Gasteiger partial charge in [-0.2, -0.15) is 0 Å². The average Bonchev–Trinajstić information content (AvgIpc) is 2.81. The Kier molecular flexibility index (Phi) is 2.76. The molecule has 1 aliphatic carbocycles. The number of halogens is 1. The zero-order chi connectivity index (χ0) is 13.7. The first kappa shape index (κ1) is 12.4. The number of benzene rings is 1. The molecule has 5 heteroatoms.